The highest BCUT2D eigenvalue weighted by Crippen LogP contribution is 2.20. The molecule has 0 N–H and O–H groups in total. The Kier molecular flexibility index (Phi) is 8.07. The van der Waals surface area contributed by atoms with E-state index in [1.807, 2.05) is 13.8 Å². The van der Waals surface area contributed by atoms with E-state index >= 15 is 0 Å². The van der Waals surface area contributed by atoms with Crippen LogP contribution in [0, 0.1) is 5.92 Å². The molecule has 0 spiro atoms. The quantitative estimate of drug-likeness (QED) is 0.844. The third kappa shape index (κ3) is 6.25. The molecule has 2 saturated heterocycles. The molecule has 1 aromatic rings. The molecule has 0 saturated carbocycles. The van der Waals surface area contributed by atoms with E-state index in [9.17, 15) is 0 Å². The van der Waals surface area contributed by atoms with Crippen molar-refractivity contribution in [1.29, 1.82) is 0 Å². The van der Waals surface area contributed by atoms with Gasteiger partial charge in [-0.1, -0.05) is 44.2 Å². The highest BCUT2D eigenvalue weighted by molar-refractivity contribution is 5.14. The molecular formula is C20H35N3. The fraction of sp³-hybridized carbons (Fsp3) is 0.700. The average Bonchev–Trinajstić information content (AvgIpc) is 2.61. The Morgan fingerprint density at radius 1 is 0.826 bits per heavy atom. The van der Waals surface area contributed by atoms with Crippen molar-refractivity contribution in [3.05, 3.63) is 35.9 Å². The van der Waals surface area contributed by atoms with Crippen LogP contribution >= 0.6 is 0 Å². The van der Waals surface area contributed by atoms with Crippen LogP contribution in [0.1, 0.15) is 32.3 Å². The van der Waals surface area contributed by atoms with Crippen molar-refractivity contribution in [2.24, 2.45) is 5.92 Å². The van der Waals surface area contributed by atoms with Crippen LogP contribution in [0.15, 0.2) is 30.3 Å². The molecule has 0 atom stereocenters. The second-order valence-electron chi connectivity index (χ2n) is 6.81. The summed E-state index contributed by atoms with van der Waals surface area (Å²) in [6, 6.07) is 10.9. The first-order valence-corrected chi connectivity index (χ1v) is 9.47. The smallest absolute Gasteiger partial charge is 0.0233 e. The predicted molar refractivity (Wildman–Crippen MR) is 99.7 cm³/mol. The second-order valence-corrected chi connectivity index (χ2v) is 6.81. The molecule has 3 nitrogen and oxygen atoms in total. The minimum absolute atomic E-state index is 0.917. The van der Waals surface area contributed by atoms with Crippen LogP contribution in [0.3, 0.4) is 0 Å². The minimum atomic E-state index is 0.917. The summed E-state index contributed by atoms with van der Waals surface area (Å²) in [4.78, 5) is 7.74. The number of piperazine rings is 1. The molecule has 23 heavy (non-hydrogen) atoms. The first-order valence-electron chi connectivity index (χ1n) is 9.47. The van der Waals surface area contributed by atoms with Crippen LogP contribution in [0.4, 0.5) is 0 Å². The number of nitrogens with zero attached hydrogens (tertiary/aromatic N) is 3. The number of piperidine rings is 1. The number of likely N-dealkylation sites (N-methyl/N-ethyl adjacent to an activating group) is 1. The zero-order valence-electron chi connectivity index (χ0n) is 15.4. The molecule has 0 bridgehead atoms. The summed E-state index contributed by atoms with van der Waals surface area (Å²) in [5.41, 5.74) is 1.45. The molecule has 2 heterocycles. The summed E-state index contributed by atoms with van der Waals surface area (Å²) < 4.78 is 0. The number of benzene rings is 1. The zero-order valence-corrected chi connectivity index (χ0v) is 15.4. The van der Waals surface area contributed by atoms with Crippen LogP contribution < -0.4 is 0 Å². The van der Waals surface area contributed by atoms with Gasteiger partial charge in [0.2, 0.25) is 0 Å². The lowest BCUT2D eigenvalue weighted by Crippen LogP contribution is -2.47. The second kappa shape index (κ2) is 10.1. The first-order chi connectivity index (χ1) is 11.3. The molecular weight excluding hydrogens is 282 g/mol. The fourth-order valence-electron chi connectivity index (χ4n) is 3.56. The summed E-state index contributed by atoms with van der Waals surface area (Å²) in [5, 5.41) is 0. The van der Waals surface area contributed by atoms with Crippen LogP contribution in [-0.2, 0) is 6.54 Å². The summed E-state index contributed by atoms with van der Waals surface area (Å²) >= 11 is 0. The number of hydrogen-bond acceptors (Lipinski definition) is 3. The van der Waals surface area contributed by atoms with Gasteiger partial charge in [0.25, 0.3) is 0 Å². The molecule has 0 radical (unpaired) electrons. The molecule has 2 fully saturated rings. The molecule has 0 unspecified atom stereocenters. The maximum Gasteiger partial charge on any atom is 0.0233 e. The normalized spacial score (nSPS) is 21.7. The lowest BCUT2D eigenvalue weighted by atomic mass is 9.95. The molecule has 3 rings (SSSR count). The molecule has 0 amide bonds. The van der Waals surface area contributed by atoms with Crippen LogP contribution in [0.25, 0.3) is 0 Å². The van der Waals surface area contributed by atoms with Crippen LogP contribution in [0.2, 0.25) is 0 Å². The average molecular weight is 318 g/mol. The van der Waals surface area contributed by atoms with Gasteiger partial charge in [-0.05, 0) is 44.5 Å². The van der Waals surface area contributed by atoms with E-state index in [1.165, 1.54) is 64.2 Å². The van der Waals surface area contributed by atoms with E-state index in [0.29, 0.717) is 0 Å². The van der Waals surface area contributed by atoms with Crippen molar-refractivity contribution in [3.63, 3.8) is 0 Å². The standard InChI is InChI=1S/C18H29N3.C2H6/c1-19-11-13-21(14-12-19)16-18-7-9-20(10-8-18)15-17-5-3-2-4-6-17;1-2/h2-6,18H,7-16H2,1H3;1-2H3. The summed E-state index contributed by atoms with van der Waals surface area (Å²) in [6.07, 6.45) is 2.75. The highest BCUT2D eigenvalue weighted by atomic mass is 15.2. The van der Waals surface area contributed by atoms with E-state index in [1.54, 1.807) is 0 Å². The van der Waals surface area contributed by atoms with Gasteiger partial charge >= 0.3 is 0 Å². The lowest BCUT2D eigenvalue weighted by Gasteiger charge is -2.38. The fourth-order valence-corrected chi connectivity index (χ4v) is 3.56. The van der Waals surface area contributed by atoms with Gasteiger partial charge in [-0.15, -0.1) is 0 Å². The maximum absolute atomic E-state index is 2.68. The third-order valence-electron chi connectivity index (χ3n) is 5.07. The molecule has 1 aromatic carbocycles. The molecule has 0 aliphatic carbocycles. The van der Waals surface area contributed by atoms with E-state index < -0.39 is 0 Å². The Bertz CT molecular complexity index is 404. The number of hydrogen-bond donors (Lipinski definition) is 0. The van der Waals surface area contributed by atoms with Gasteiger partial charge in [-0.2, -0.15) is 0 Å². The van der Waals surface area contributed by atoms with Crippen molar-refractivity contribution in [2.45, 2.75) is 33.2 Å². The Morgan fingerprint density at radius 3 is 2.04 bits per heavy atom. The van der Waals surface area contributed by atoms with Gasteiger partial charge in [0.15, 0.2) is 0 Å². The summed E-state index contributed by atoms with van der Waals surface area (Å²) in [5.74, 6) is 0.917. The van der Waals surface area contributed by atoms with Gasteiger partial charge in [0, 0.05) is 39.3 Å². The third-order valence-corrected chi connectivity index (χ3v) is 5.07. The predicted octanol–water partition coefficient (Wildman–Crippen LogP) is 3.17. The van der Waals surface area contributed by atoms with Crippen molar-refractivity contribution in [1.82, 2.24) is 14.7 Å². The minimum Gasteiger partial charge on any atom is -0.304 e. The Hall–Kier alpha value is -0.900. The SMILES string of the molecule is CC.CN1CCN(CC2CCN(Cc3ccccc3)CC2)CC1. The maximum atomic E-state index is 2.68. The Labute approximate surface area is 143 Å². The van der Waals surface area contributed by atoms with E-state index in [2.05, 4.69) is 52.1 Å². The van der Waals surface area contributed by atoms with Crippen molar-refractivity contribution >= 4 is 0 Å². The van der Waals surface area contributed by atoms with Gasteiger partial charge in [0.05, 0.1) is 0 Å². The molecule has 2 aliphatic heterocycles. The summed E-state index contributed by atoms with van der Waals surface area (Å²) in [7, 11) is 2.24. The van der Waals surface area contributed by atoms with E-state index in [4.69, 9.17) is 0 Å². The lowest BCUT2D eigenvalue weighted by molar-refractivity contribution is 0.104. The Balaban J connectivity index is 0.000000924. The zero-order chi connectivity index (χ0) is 16.5. The first kappa shape index (κ1) is 18.4. The summed E-state index contributed by atoms with van der Waals surface area (Å²) in [6.45, 7) is 14.0. The van der Waals surface area contributed by atoms with Gasteiger partial charge < -0.3 is 9.80 Å². The molecule has 130 valence electrons. The number of likely N-dealkylation sites (tertiary alicyclic amines) is 1. The topological polar surface area (TPSA) is 9.72 Å². The molecule has 2 aliphatic rings. The van der Waals surface area contributed by atoms with E-state index in [-0.39, 0.29) is 0 Å². The van der Waals surface area contributed by atoms with Gasteiger partial charge in [0.1, 0.15) is 0 Å². The van der Waals surface area contributed by atoms with Gasteiger partial charge in [-0.3, -0.25) is 4.90 Å². The molecule has 3 heteroatoms. The van der Waals surface area contributed by atoms with Crippen LogP contribution in [0.5, 0.6) is 0 Å². The van der Waals surface area contributed by atoms with Crippen molar-refractivity contribution in [2.75, 3.05) is 52.9 Å². The van der Waals surface area contributed by atoms with Gasteiger partial charge in [-0.25, -0.2) is 0 Å². The Morgan fingerprint density at radius 2 is 1.43 bits per heavy atom. The number of rotatable bonds is 4. The van der Waals surface area contributed by atoms with E-state index in [0.717, 1.165) is 12.5 Å². The van der Waals surface area contributed by atoms with Crippen LogP contribution in [-0.4, -0.2) is 67.6 Å². The highest BCUT2D eigenvalue weighted by Gasteiger charge is 2.22. The molecule has 0 aromatic heterocycles. The largest absolute Gasteiger partial charge is 0.304 e. The monoisotopic (exact) mass is 317 g/mol. The van der Waals surface area contributed by atoms with Crippen molar-refractivity contribution < 1.29 is 0 Å². The van der Waals surface area contributed by atoms with Crippen molar-refractivity contribution in [3.8, 4) is 0 Å².